The summed E-state index contributed by atoms with van der Waals surface area (Å²) in [4.78, 5) is 0. The van der Waals surface area contributed by atoms with Gasteiger partial charge in [0.1, 0.15) is 0 Å². The number of para-hydroxylation sites is 1. The van der Waals surface area contributed by atoms with Crippen molar-refractivity contribution in [2.45, 2.75) is 26.3 Å². The monoisotopic (exact) mass is 351 g/mol. The van der Waals surface area contributed by atoms with Crippen LogP contribution in [0.1, 0.15) is 30.9 Å². The van der Waals surface area contributed by atoms with Crippen LogP contribution in [0, 0.1) is 3.57 Å². The Hall–Kier alpha value is -1.03. The highest BCUT2D eigenvalue weighted by Gasteiger charge is 2.04. The fourth-order valence-corrected chi connectivity index (χ4v) is 2.32. The molecule has 2 heteroatoms. The van der Waals surface area contributed by atoms with Gasteiger partial charge in [-0.15, -0.1) is 0 Å². The quantitative estimate of drug-likeness (QED) is 0.762. The maximum atomic E-state index is 3.53. The standard InChI is InChI=1S/C16H18IN/c1-12(2)15-5-3-4-6-16(15)18-11-13-7-9-14(17)10-8-13/h3-10,12,18H,11H2,1-2H3. The van der Waals surface area contributed by atoms with Crippen LogP contribution in [-0.4, -0.2) is 0 Å². The third kappa shape index (κ3) is 3.48. The van der Waals surface area contributed by atoms with Gasteiger partial charge in [-0.05, 0) is 57.8 Å². The lowest BCUT2D eigenvalue weighted by Gasteiger charge is -2.14. The zero-order chi connectivity index (χ0) is 13.0. The van der Waals surface area contributed by atoms with Crippen molar-refractivity contribution in [3.05, 3.63) is 63.2 Å². The molecule has 18 heavy (non-hydrogen) atoms. The molecular weight excluding hydrogens is 333 g/mol. The van der Waals surface area contributed by atoms with Gasteiger partial charge in [0.2, 0.25) is 0 Å². The van der Waals surface area contributed by atoms with Crippen molar-refractivity contribution < 1.29 is 0 Å². The lowest BCUT2D eigenvalue weighted by atomic mass is 10.0. The second-order valence-corrected chi connectivity index (χ2v) is 5.97. The summed E-state index contributed by atoms with van der Waals surface area (Å²) in [5, 5.41) is 3.53. The minimum atomic E-state index is 0.547. The van der Waals surface area contributed by atoms with Crippen molar-refractivity contribution in [3.8, 4) is 0 Å². The van der Waals surface area contributed by atoms with E-state index in [0.717, 1.165) is 6.54 Å². The predicted molar refractivity (Wildman–Crippen MR) is 87.0 cm³/mol. The second kappa shape index (κ2) is 6.23. The Morgan fingerprint density at radius 2 is 1.67 bits per heavy atom. The summed E-state index contributed by atoms with van der Waals surface area (Å²) in [5.41, 5.74) is 3.93. The van der Waals surface area contributed by atoms with E-state index in [-0.39, 0.29) is 0 Å². The summed E-state index contributed by atoms with van der Waals surface area (Å²) in [6, 6.07) is 17.2. The van der Waals surface area contributed by atoms with Crippen LogP contribution in [0.25, 0.3) is 0 Å². The van der Waals surface area contributed by atoms with E-state index in [1.54, 1.807) is 0 Å². The molecule has 1 nitrogen and oxygen atoms in total. The van der Waals surface area contributed by atoms with Gasteiger partial charge in [-0.3, -0.25) is 0 Å². The molecule has 0 fully saturated rings. The van der Waals surface area contributed by atoms with Crippen molar-refractivity contribution in [2.24, 2.45) is 0 Å². The number of anilines is 1. The zero-order valence-electron chi connectivity index (χ0n) is 10.8. The van der Waals surface area contributed by atoms with Crippen molar-refractivity contribution >= 4 is 28.3 Å². The van der Waals surface area contributed by atoms with Crippen molar-refractivity contribution in [2.75, 3.05) is 5.32 Å². The molecule has 0 unspecified atom stereocenters. The number of halogens is 1. The number of rotatable bonds is 4. The number of benzene rings is 2. The largest absolute Gasteiger partial charge is 0.381 e. The van der Waals surface area contributed by atoms with Crippen molar-refractivity contribution in [3.63, 3.8) is 0 Å². The molecule has 0 aromatic heterocycles. The molecule has 0 radical (unpaired) electrons. The average Bonchev–Trinajstić information content (AvgIpc) is 2.38. The summed E-state index contributed by atoms with van der Waals surface area (Å²) in [7, 11) is 0. The lowest BCUT2D eigenvalue weighted by molar-refractivity contribution is 0.865. The van der Waals surface area contributed by atoms with E-state index in [1.165, 1.54) is 20.4 Å². The Balaban J connectivity index is 2.08. The van der Waals surface area contributed by atoms with Gasteiger partial charge in [0.25, 0.3) is 0 Å². The second-order valence-electron chi connectivity index (χ2n) is 4.72. The maximum absolute atomic E-state index is 3.53. The van der Waals surface area contributed by atoms with E-state index in [1.807, 2.05) is 0 Å². The van der Waals surface area contributed by atoms with Gasteiger partial charge >= 0.3 is 0 Å². The number of nitrogens with one attached hydrogen (secondary N) is 1. The van der Waals surface area contributed by atoms with Gasteiger partial charge in [-0.25, -0.2) is 0 Å². The topological polar surface area (TPSA) is 12.0 Å². The van der Waals surface area contributed by atoms with E-state index < -0.39 is 0 Å². The number of hydrogen-bond acceptors (Lipinski definition) is 1. The molecule has 1 N–H and O–H groups in total. The molecule has 2 aromatic rings. The Morgan fingerprint density at radius 3 is 2.33 bits per heavy atom. The molecule has 0 heterocycles. The van der Waals surface area contributed by atoms with Crippen LogP contribution in [0.5, 0.6) is 0 Å². The van der Waals surface area contributed by atoms with Crippen LogP contribution in [-0.2, 0) is 6.54 Å². The highest BCUT2D eigenvalue weighted by molar-refractivity contribution is 14.1. The fourth-order valence-electron chi connectivity index (χ4n) is 1.96. The Bertz CT molecular complexity index is 503. The van der Waals surface area contributed by atoms with Gasteiger partial charge in [0.05, 0.1) is 0 Å². The van der Waals surface area contributed by atoms with E-state index >= 15 is 0 Å². The van der Waals surface area contributed by atoms with Gasteiger partial charge in [0, 0.05) is 15.8 Å². The van der Waals surface area contributed by atoms with Crippen molar-refractivity contribution in [1.82, 2.24) is 0 Å². The van der Waals surface area contributed by atoms with Gasteiger partial charge < -0.3 is 5.32 Å². The van der Waals surface area contributed by atoms with E-state index in [0.29, 0.717) is 5.92 Å². The molecule has 0 saturated heterocycles. The first kappa shape index (κ1) is 13.4. The molecule has 94 valence electrons. The number of hydrogen-bond donors (Lipinski definition) is 1. The molecule has 0 atom stereocenters. The Kier molecular flexibility index (Phi) is 4.64. The molecule has 0 aliphatic carbocycles. The van der Waals surface area contributed by atoms with Crippen LogP contribution in [0.2, 0.25) is 0 Å². The Labute approximate surface area is 123 Å². The average molecular weight is 351 g/mol. The first-order valence-electron chi connectivity index (χ1n) is 6.24. The van der Waals surface area contributed by atoms with Crippen LogP contribution >= 0.6 is 22.6 Å². The minimum absolute atomic E-state index is 0.547. The summed E-state index contributed by atoms with van der Waals surface area (Å²) in [5.74, 6) is 0.547. The molecule has 0 amide bonds. The highest BCUT2D eigenvalue weighted by Crippen LogP contribution is 2.24. The summed E-state index contributed by atoms with van der Waals surface area (Å²) < 4.78 is 1.28. The van der Waals surface area contributed by atoms with Gasteiger partial charge in [-0.1, -0.05) is 44.2 Å². The molecule has 0 saturated carbocycles. The highest BCUT2D eigenvalue weighted by atomic mass is 127. The molecule has 0 aliphatic rings. The smallest absolute Gasteiger partial charge is 0.0400 e. The summed E-state index contributed by atoms with van der Waals surface area (Å²) in [6.45, 7) is 5.33. The molecule has 0 bridgehead atoms. The van der Waals surface area contributed by atoms with Gasteiger partial charge in [-0.2, -0.15) is 0 Å². The third-order valence-corrected chi connectivity index (χ3v) is 3.70. The molecular formula is C16H18IN. The normalized spacial score (nSPS) is 10.7. The first-order valence-corrected chi connectivity index (χ1v) is 7.32. The third-order valence-electron chi connectivity index (χ3n) is 2.98. The van der Waals surface area contributed by atoms with Crippen LogP contribution < -0.4 is 5.32 Å². The fraction of sp³-hybridized carbons (Fsp3) is 0.250. The summed E-state index contributed by atoms with van der Waals surface area (Å²) in [6.07, 6.45) is 0. The van der Waals surface area contributed by atoms with Crippen LogP contribution in [0.15, 0.2) is 48.5 Å². The zero-order valence-corrected chi connectivity index (χ0v) is 12.9. The van der Waals surface area contributed by atoms with E-state index in [2.05, 4.69) is 90.3 Å². The summed E-state index contributed by atoms with van der Waals surface area (Å²) >= 11 is 2.33. The SMILES string of the molecule is CC(C)c1ccccc1NCc1ccc(I)cc1. The van der Waals surface area contributed by atoms with E-state index in [4.69, 9.17) is 0 Å². The lowest BCUT2D eigenvalue weighted by Crippen LogP contribution is -2.03. The van der Waals surface area contributed by atoms with Crippen molar-refractivity contribution in [1.29, 1.82) is 0 Å². The minimum Gasteiger partial charge on any atom is -0.381 e. The molecule has 2 aromatic carbocycles. The van der Waals surface area contributed by atoms with Crippen LogP contribution in [0.4, 0.5) is 5.69 Å². The first-order chi connectivity index (χ1) is 8.66. The van der Waals surface area contributed by atoms with Gasteiger partial charge in [0.15, 0.2) is 0 Å². The predicted octanol–water partition coefficient (Wildman–Crippen LogP) is 5.03. The van der Waals surface area contributed by atoms with Crippen LogP contribution in [0.3, 0.4) is 0 Å². The maximum Gasteiger partial charge on any atom is 0.0400 e. The molecule has 0 aliphatic heterocycles. The van der Waals surface area contributed by atoms with E-state index in [9.17, 15) is 0 Å². The Morgan fingerprint density at radius 1 is 1.00 bits per heavy atom. The molecule has 2 rings (SSSR count). The molecule has 0 spiro atoms.